The van der Waals surface area contributed by atoms with Crippen molar-refractivity contribution in [2.45, 2.75) is 267 Å². The Kier molecular flexibility index (Phi) is 28.5. The molecule has 0 aromatic carbocycles. The lowest BCUT2D eigenvalue weighted by Crippen LogP contribution is -2.70. The summed E-state index contributed by atoms with van der Waals surface area (Å²) in [6, 6.07) is -3.81. The summed E-state index contributed by atoms with van der Waals surface area (Å²) in [6.07, 6.45) is -73.6. The van der Waals surface area contributed by atoms with Gasteiger partial charge in [-0.1, -0.05) is 0 Å². The number of hydrogen-bond donors (Lipinski definition) is 25. The molecule has 7 aliphatic rings. The van der Waals surface area contributed by atoms with Gasteiger partial charge >= 0.3 is 0 Å². The Balaban J connectivity index is 1.22. The number of carbonyl (C=O) groups excluding carboxylic acids is 2. The van der Waals surface area contributed by atoms with Crippen LogP contribution >= 0.6 is 0 Å². The molecule has 41 nitrogen and oxygen atoms in total. The van der Waals surface area contributed by atoms with Crippen LogP contribution < -0.4 is 10.6 Å². The molecule has 0 spiro atoms. The van der Waals surface area contributed by atoms with Crippen LogP contribution in [0, 0.1) is 0 Å². The lowest BCUT2D eigenvalue weighted by atomic mass is 9.94. The van der Waals surface area contributed by atoms with E-state index in [0.717, 1.165) is 13.8 Å². The van der Waals surface area contributed by atoms with Crippen LogP contribution in [0.3, 0.4) is 0 Å². The molecule has 7 heterocycles. The fourth-order valence-corrected chi connectivity index (χ4v) is 11.7. The molecular formula is C52H90N2O39. The number of hydrogen-bond acceptors (Lipinski definition) is 39. The summed E-state index contributed by atoms with van der Waals surface area (Å²) in [5.74, 6) is -1.88. The van der Waals surface area contributed by atoms with Gasteiger partial charge < -0.3 is 194 Å². The molecule has 2 amide bonds. The zero-order valence-corrected chi connectivity index (χ0v) is 50.3. The van der Waals surface area contributed by atoms with Crippen LogP contribution in [-0.2, 0) is 75.9 Å². The zero-order valence-electron chi connectivity index (χ0n) is 50.3. The molecule has 542 valence electrons. The maximum atomic E-state index is 13.2. The number of amides is 2. The fraction of sp³-hybridized carbons (Fsp3) is 0.962. The molecule has 41 heteroatoms. The monoisotopic (exact) mass is 1370 g/mol. The van der Waals surface area contributed by atoms with Crippen LogP contribution in [0.4, 0.5) is 0 Å². The van der Waals surface area contributed by atoms with Crippen molar-refractivity contribution in [3.63, 3.8) is 0 Å². The summed E-state index contributed by atoms with van der Waals surface area (Å²) >= 11 is 0. The molecule has 39 atom stereocenters. The maximum Gasteiger partial charge on any atom is 0.217 e. The Bertz CT molecular complexity index is 2300. The molecule has 0 aromatic heterocycles. The number of aliphatic hydroxyl groups is 23. The predicted octanol–water partition coefficient (Wildman–Crippen LogP) is -16.5. The van der Waals surface area contributed by atoms with Gasteiger partial charge in [0.05, 0.1) is 58.5 Å². The van der Waals surface area contributed by atoms with E-state index in [1.165, 1.54) is 13.8 Å². The molecule has 7 saturated heterocycles. The predicted molar refractivity (Wildman–Crippen MR) is 287 cm³/mol. The third-order valence-electron chi connectivity index (χ3n) is 17.0. The number of carbonyl (C=O) groups is 2. The van der Waals surface area contributed by atoms with Crippen molar-refractivity contribution in [2.24, 2.45) is 0 Å². The van der Waals surface area contributed by atoms with E-state index in [1.807, 2.05) is 0 Å². The topological polar surface area (TPSA) is 653 Å². The largest absolute Gasteiger partial charge is 0.394 e. The van der Waals surface area contributed by atoms with Crippen molar-refractivity contribution >= 4 is 11.8 Å². The van der Waals surface area contributed by atoms with Gasteiger partial charge in [0, 0.05) is 13.8 Å². The van der Waals surface area contributed by atoms with Crippen molar-refractivity contribution in [1.82, 2.24) is 10.6 Å². The standard InChI is InChI=1S/C52H90N2O39/c1-12-25(65)32(72)36(76)48(81-12)91-43-24(54-15(4)62)46(85-21(10-60)42(43)90-50-38(78)34(74)28(68)18(7-57)83-50)80-11-22-30(70)44(39(79)51(87-22)88-40(17(64)6-56)27(67)16(63)5-55)92-47-23(53-14(3)61)31(71)41(20(9-59)86-47)89-52-45(35(75)29(69)19(8-58)84-52)93-49-37(77)33(73)26(66)13(2)82-49/h12-13,16-52,55-60,63-79H,5-11H2,1-4H3,(H,53,61)(H,54,62)/t12-,13-,16-,17+,18+,19+,20+,21+,22+,23+,24+,25+,26+,27+,28-,29-,30+,31+,32+,33+,34-,35-,36-,37-,38+,39+,40+,41+,42+,43+,44-,45+,46+,47-,48-,49-,50-,51-,52-/m0/s1. The second kappa shape index (κ2) is 34.0. The maximum absolute atomic E-state index is 13.2. The SMILES string of the molecule is CC(=O)N[C@H]1[C@H](O[C@@H]2[C@@H](O)[C@H](O[C@@H]([C@H](O)[C@@H](O)CO)[C@H](O)CO)O[C@H](CO[C@@H]3O[C@H](CO)[C@@H](O[C@@H]4O[C@H](CO)[C@H](O)[C@H](O)[C@H]4O)[C@H](O[C@@H]4O[C@@H](C)[C@@H](O)[C@@H](O)[C@@H]4O)[C@H]3NC(C)=O)[C@H]2O)O[C@H](CO)[C@@H](O[C@@H]2O[C@H](CO)[C@H](O)[C@H](O)[C@H]2O[C@@H]2O[C@@H](C)[C@@H](O)[C@@H](O)[C@@H]2O)[C@@H]1O. The van der Waals surface area contributed by atoms with E-state index in [4.69, 9.17) is 66.3 Å². The Morgan fingerprint density at radius 3 is 1.29 bits per heavy atom. The second-order valence-corrected chi connectivity index (χ2v) is 23.6. The number of ether oxygens (including phenoxy) is 14. The summed E-state index contributed by atoms with van der Waals surface area (Å²) in [4.78, 5) is 26.1. The molecule has 7 rings (SSSR count). The van der Waals surface area contributed by atoms with Gasteiger partial charge in [0.2, 0.25) is 11.8 Å². The highest BCUT2D eigenvalue weighted by atomic mass is 16.8. The van der Waals surface area contributed by atoms with E-state index >= 15 is 0 Å². The number of aliphatic hydroxyl groups excluding tert-OH is 23. The minimum absolute atomic E-state index is 0.918. The van der Waals surface area contributed by atoms with Crippen LogP contribution in [0.5, 0.6) is 0 Å². The van der Waals surface area contributed by atoms with E-state index in [9.17, 15) is 127 Å². The van der Waals surface area contributed by atoms with Crippen LogP contribution in [0.1, 0.15) is 27.7 Å². The quantitative estimate of drug-likeness (QED) is 0.0382. The lowest BCUT2D eigenvalue weighted by molar-refractivity contribution is -0.391. The third-order valence-corrected chi connectivity index (χ3v) is 17.0. The Morgan fingerprint density at radius 1 is 0.366 bits per heavy atom. The van der Waals surface area contributed by atoms with Gasteiger partial charge in [0.1, 0.15) is 183 Å². The molecule has 0 saturated carbocycles. The Labute approximate surface area is 528 Å². The minimum Gasteiger partial charge on any atom is -0.394 e. The van der Waals surface area contributed by atoms with Crippen LogP contribution in [0.15, 0.2) is 0 Å². The third kappa shape index (κ3) is 17.4. The molecule has 93 heavy (non-hydrogen) atoms. The summed E-state index contributed by atoms with van der Waals surface area (Å²) in [7, 11) is 0. The average Bonchev–Trinajstić information content (AvgIpc) is 0.777. The second-order valence-electron chi connectivity index (χ2n) is 23.6. The number of nitrogens with one attached hydrogen (secondary N) is 2. The van der Waals surface area contributed by atoms with Crippen LogP contribution in [0.25, 0.3) is 0 Å². The van der Waals surface area contributed by atoms with Gasteiger partial charge in [-0.3, -0.25) is 9.59 Å². The summed E-state index contributed by atoms with van der Waals surface area (Å²) in [6.45, 7) is -3.29. The van der Waals surface area contributed by atoms with E-state index in [-0.39, 0.29) is 0 Å². The van der Waals surface area contributed by atoms with Gasteiger partial charge in [-0.05, 0) is 13.8 Å². The summed E-state index contributed by atoms with van der Waals surface area (Å²) in [5, 5.41) is 254. The zero-order chi connectivity index (χ0) is 68.9. The van der Waals surface area contributed by atoms with Crippen molar-refractivity contribution < 1.29 is 193 Å². The van der Waals surface area contributed by atoms with Crippen LogP contribution in [-0.4, -0.2) is 415 Å². The summed E-state index contributed by atoms with van der Waals surface area (Å²) < 4.78 is 82.6. The van der Waals surface area contributed by atoms with Gasteiger partial charge in [-0.25, -0.2) is 0 Å². The highest BCUT2D eigenvalue weighted by molar-refractivity contribution is 5.73. The first-order valence-corrected chi connectivity index (χ1v) is 29.8. The smallest absolute Gasteiger partial charge is 0.217 e. The molecule has 0 radical (unpaired) electrons. The van der Waals surface area contributed by atoms with Crippen molar-refractivity contribution in [1.29, 1.82) is 0 Å². The fourth-order valence-electron chi connectivity index (χ4n) is 11.7. The van der Waals surface area contributed by atoms with Crippen molar-refractivity contribution in [2.75, 3.05) is 46.2 Å². The van der Waals surface area contributed by atoms with Crippen LogP contribution in [0.2, 0.25) is 0 Å². The summed E-state index contributed by atoms with van der Waals surface area (Å²) in [5.41, 5.74) is 0. The van der Waals surface area contributed by atoms with E-state index < -0.39 is 297 Å². The highest BCUT2D eigenvalue weighted by Crippen LogP contribution is 2.38. The van der Waals surface area contributed by atoms with E-state index in [1.54, 1.807) is 0 Å². The van der Waals surface area contributed by atoms with E-state index in [0.29, 0.717) is 0 Å². The van der Waals surface area contributed by atoms with Gasteiger partial charge in [0.15, 0.2) is 44.0 Å². The molecule has 25 N–H and O–H groups in total. The van der Waals surface area contributed by atoms with Crippen molar-refractivity contribution in [3.05, 3.63) is 0 Å². The Morgan fingerprint density at radius 2 is 0.774 bits per heavy atom. The molecule has 0 aromatic rings. The first kappa shape index (κ1) is 77.8. The van der Waals surface area contributed by atoms with Gasteiger partial charge in [-0.15, -0.1) is 0 Å². The van der Waals surface area contributed by atoms with Gasteiger partial charge in [0.25, 0.3) is 0 Å². The molecular weight excluding hydrogens is 1280 g/mol. The van der Waals surface area contributed by atoms with E-state index in [2.05, 4.69) is 10.6 Å². The molecule has 7 aliphatic heterocycles. The average molecular weight is 1370 g/mol. The van der Waals surface area contributed by atoms with Crippen molar-refractivity contribution in [3.8, 4) is 0 Å². The molecule has 0 aliphatic carbocycles. The molecule has 0 bridgehead atoms. The number of rotatable bonds is 26. The normalized spacial score (nSPS) is 48.1. The molecule has 7 fully saturated rings. The highest BCUT2D eigenvalue weighted by Gasteiger charge is 2.59. The minimum atomic E-state index is -2.45. The molecule has 0 unspecified atom stereocenters. The Hall–Kier alpha value is -2.54. The first-order valence-electron chi connectivity index (χ1n) is 29.8. The van der Waals surface area contributed by atoms with Gasteiger partial charge in [-0.2, -0.15) is 0 Å². The first-order chi connectivity index (χ1) is 43.9. The lowest BCUT2D eigenvalue weighted by Gasteiger charge is -2.51.